The highest BCUT2D eigenvalue weighted by Gasteiger charge is 2.63. The zero-order valence-corrected chi connectivity index (χ0v) is 22.9. The smallest absolute Gasteiger partial charge is 0.308 e. The van der Waals surface area contributed by atoms with Crippen LogP contribution in [0.25, 0.3) is 0 Å². The Balaban J connectivity index is 1.43. The second-order valence-corrected chi connectivity index (χ2v) is 13.2. The number of ether oxygens (including phenoxy) is 2. The Morgan fingerprint density at radius 2 is 1.69 bits per heavy atom. The van der Waals surface area contributed by atoms with Crippen molar-refractivity contribution < 1.29 is 23.9 Å². The van der Waals surface area contributed by atoms with Gasteiger partial charge in [0.05, 0.1) is 13.0 Å². The number of ketones is 1. The summed E-state index contributed by atoms with van der Waals surface area (Å²) in [6.07, 6.45) is 11.5. The van der Waals surface area contributed by atoms with Crippen molar-refractivity contribution in [2.45, 2.75) is 111 Å². The van der Waals surface area contributed by atoms with Crippen molar-refractivity contribution in [3.05, 3.63) is 0 Å². The van der Waals surface area contributed by atoms with Gasteiger partial charge in [0.15, 0.2) is 0 Å². The lowest BCUT2D eigenvalue weighted by molar-refractivity contribution is -0.168. The molecule has 4 aliphatic carbocycles. The van der Waals surface area contributed by atoms with Crippen LogP contribution >= 0.6 is 0 Å². The second-order valence-electron chi connectivity index (χ2n) is 13.2. The van der Waals surface area contributed by atoms with E-state index >= 15 is 0 Å². The van der Waals surface area contributed by atoms with E-state index in [9.17, 15) is 14.4 Å². The molecule has 4 rings (SSSR count). The summed E-state index contributed by atoms with van der Waals surface area (Å²) in [7, 11) is 1.47. The summed E-state index contributed by atoms with van der Waals surface area (Å²) in [5.74, 6) is 3.03. The number of hydrogen-bond acceptors (Lipinski definition) is 5. The van der Waals surface area contributed by atoms with Crippen LogP contribution in [-0.2, 0) is 23.9 Å². The van der Waals surface area contributed by atoms with Gasteiger partial charge in [-0.2, -0.15) is 0 Å². The summed E-state index contributed by atoms with van der Waals surface area (Å²) in [6, 6.07) is 0. The molecule has 0 amide bonds. The summed E-state index contributed by atoms with van der Waals surface area (Å²) in [6.45, 7) is 10.8. The lowest BCUT2D eigenvalue weighted by Crippen LogP contribution is -2.57. The molecule has 0 aliphatic heterocycles. The van der Waals surface area contributed by atoms with Crippen molar-refractivity contribution in [3.63, 3.8) is 0 Å². The molecule has 35 heavy (non-hydrogen) atoms. The van der Waals surface area contributed by atoms with Crippen LogP contribution in [-0.4, -0.2) is 30.9 Å². The molecular weight excluding hydrogens is 440 g/mol. The number of Topliss-reactive ketones (excluding diaryl/α,β-unsaturated/α-hetero) is 1. The standard InChI is InChI=1S/C30H48O5/c1-18(8-7-9-19(2)28(33)34-6)23-10-11-24-27-25(13-15-30(23,24)5)29(4)14-12-22(35-20(3)31)16-21(29)17-26(27)32/h18-19,21-25,27H,7-17H2,1-6H3/t18-,19+,21-,22+,23-,24+,25+,27+,29+,30-/m1/s1. The monoisotopic (exact) mass is 488 g/mol. The van der Waals surface area contributed by atoms with Gasteiger partial charge in [0.2, 0.25) is 0 Å². The summed E-state index contributed by atoms with van der Waals surface area (Å²) in [4.78, 5) is 37.0. The largest absolute Gasteiger partial charge is 0.469 e. The first-order valence-electron chi connectivity index (χ1n) is 14.3. The van der Waals surface area contributed by atoms with Gasteiger partial charge < -0.3 is 9.47 Å². The molecule has 5 heteroatoms. The minimum absolute atomic E-state index is 0.0117. The molecular formula is C30H48O5. The molecule has 5 nitrogen and oxygen atoms in total. The number of esters is 2. The van der Waals surface area contributed by atoms with Crippen molar-refractivity contribution >= 4 is 17.7 Å². The normalized spacial score (nSPS) is 42.3. The SMILES string of the molecule is COC(=O)[C@@H](C)CCC[C@@H](C)[C@H]1CC[C@H]2[C@@H]3C(=O)C[C@H]4C[C@@H](OC(C)=O)CC[C@]4(C)[C@H]3CC[C@]12C. The van der Waals surface area contributed by atoms with Gasteiger partial charge in [0.1, 0.15) is 11.9 Å². The van der Waals surface area contributed by atoms with E-state index in [1.807, 2.05) is 6.92 Å². The molecule has 0 N–H and O–H groups in total. The third-order valence-corrected chi connectivity index (χ3v) is 11.4. The zero-order valence-electron chi connectivity index (χ0n) is 22.9. The molecule has 0 aromatic carbocycles. The quantitative estimate of drug-likeness (QED) is 0.389. The van der Waals surface area contributed by atoms with E-state index in [1.54, 1.807) is 0 Å². The van der Waals surface area contributed by atoms with Crippen molar-refractivity contribution in [2.75, 3.05) is 7.11 Å². The van der Waals surface area contributed by atoms with E-state index in [0.29, 0.717) is 41.8 Å². The number of rotatable bonds is 7. The van der Waals surface area contributed by atoms with Gasteiger partial charge in [0, 0.05) is 19.3 Å². The number of fused-ring (bicyclic) bond motifs is 5. The minimum Gasteiger partial charge on any atom is -0.469 e. The lowest BCUT2D eigenvalue weighted by Gasteiger charge is -2.60. The fraction of sp³-hybridized carbons (Fsp3) is 0.900. The maximum Gasteiger partial charge on any atom is 0.308 e. The fourth-order valence-corrected chi connectivity index (χ4v) is 9.48. The van der Waals surface area contributed by atoms with Crippen LogP contribution < -0.4 is 0 Å². The number of methoxy groups -OCH3 is 1. The van der Waals surface area contributed by atoms with Gasteiger partial charge >= 0.3 is 11.9 Å². The van der Waals surface area contributed by atoms with E-state index in [0.717, 1.165) is 44.9 Å². The third kappa shape index (κ3) is 4.82. The molecule has 0 spiro atoms. The average molecular weight is 489 g/mol. The van der Waals surface area contributed by atoms with E-state index < -0.39 is 0 Å². The van der Waals surface area contributed by atoms with Crippen LogP contribution in [0.1, 0.15) is 105 Å². The Labute approximate surface area is 212 Å². The van der Waals surface area contributed by atoms with Crippen LogP contribution in [0, 0.1) is 52.3 Å². The van der Waals surface area contributed by atoms with E-state index in [4.69, 9.17) is 9.47 Å². The molecule has 0 unspecified atom stereocenters. The summed E-state index contributed by atoms with van der Waals surface area (Å²) in [5, 5.41) is 0. The maximum absolute atomic E-state index is 13.7. The molecule has 0 aromatic heterocycles. The van der Waals surface area contributed by atoms with Gasteiger partial charge in [-0.1, -0.05) is 40.5 Å². The Hall–Kier alpha value is -1.39. The van der Waals surface area contributed by atoms with Gasteiger partial charge in [-0.15, -0.1) is 0 Å². The van der Waals surface area contributed by atoms with Crippen LogP contribution in [0.2, 0.25) is 0 Å². The Morgan fingerprint density at radius 3 is 2.37 bits per heavy atom. The third-order valence-electron chi connectivity index (χ3n) is 11.4. The highest BCUT2D eigenvalue weighted by molar-refractivity contribution is 5.83. The molecule has 0 heterocycles. The van der Waals surface area contributed by atoms with Crippen LogP contribution in [0.15, 0.2) is 0 Å². The number of hydrogen-bond donors (Lipinski definition) is 0. The topological polar surface area (TPSA) is 69.7 Å². The van der Waals surface area contributed by atoms with Gasteiger partial charge in [-0.25, -0.2) is 0 Å². The molecule has 198 valence electrons. The van der Waals surface area contributed by atoms with Crippen LogP contribution in [0.3, 0.4) is 0 Å². The minimum atomic E-state index is -0.196. The highest BCUT2D eigenvalue weighted by atomic mass is 16.5. The van der Waals surface area contributed by atoms with Gasteiger partial charge in [-0.3, -0.25) is 14.4 Å². The zero-order chi connectivity index (χ0) is 25.5. The maximum atomic E-state index is 13.7. The van der Waals surface area contributed by atoms with Crippen molar-refractivity contribution in [1.29, 1.82) is 0 Å². The lowest BCUT2D eigenvalue weighted by atomic mass is 9.44. The second kappa shape index (κ2) is 10.2. The molecule has 4 fully saturated rings. The summed E-state index contributed by atoms with van der Waals surface area (Å²) < 4.78 is 10.5. The summed E-state index contributed by atoms with van der Waals surface area (Å²) >= 11 is 0. The summed E-state index contributed by atoms with van der Waals surface area (Å²) in [5.41, 5.74) is 0.451. The molecule has 0 aromatic rings. The molecule has 0 saturated heterocycles. The van der Waals surface area contributed by atoms with Gasteiger partial charge in [-0.05, 0) is 91.8 Å². The molecule has 10 atom stereocenters. The first-order valence-corrected chi connectivity index (χ1v) is 14.3. The predicted molar refractivity (Wildman–Crippen MR) is 135 cm³/mol. The Morgan fingerprint density at radius 1 is 1.00 bits per heavy atom. The van der Waals surface area contributed by atoms with Crippen molar-refractivity contribution in [3.8, 4) is 0 Å². The molecule has 4 saturated carbocycles. The molecule has 0 radical (unpaired) electrons. The Kier molecular flexibility index (Phi) is 7.75. The molecule has 4 aliphatic rings. The van der Waals surface area contributed by atoms with Crippen molar-refractivity contribution in [2.24, 2.45) is 52.3 Å². The van der Waals surface area contributed by atoms with Crippen LogP contribution in [0.5, 0.6) is 0 Å². The Bertz CT molecular complexity index is 822. The number of carbonyl (C=O) groups excluding carboxylic acids is 3. The average Bonchev–Trinajstić information content (AvgIpc) is 3.16. The number of carbonyl (C=O) groups is 3. The van der Waals surface area contributed by atoms with E-state index in [-0.39, 0.29) is 40.7 Å². The first-order chi connectivity index (χ1) is 16.5. The fourth-order valence-electron chi connectivity index (χ4n) is 9.48. The highest BCUT2D eigenvalue weighted by Crippen LogP contribution is 2.67. The first kappa shape index (κ1) is 26.7. The predicted octanol–water partition coefficient (Wildman–Crippen LogP) is 6.37. The van der Waals surface area contributed by atoms with Crippen molar-refractivity contribution in [1.82, 2.24) is 0 Å². The van der Waals surface area contributed by atoms with E-state index in [2.05, 4.69) is 20.8 Å². The molecule has 0 bridgehead atoms. The van der Waals surface area contributed by atoms with E-state index in [1.165, 1.54) is 33.3 Å². The van der Waals surface area contributed by atoms with Crippen LogP contribution in [0.4, 0.5) is 0 Å². The van der Waals surface area contributed by atoms with Gasteiger partial charge in [0.25, 0.3) is 0 Å².